The largest absolute Gasteiger partial charge is 0.472 e. The summed E-state index contributed by atoms with van der Waals surface area (Å²) in [6, 6.07) is 0. The van der Waals surface area contributed by atoms with Gasteiger partial charge in [0.15, 0.2) is 6.10 Å². The van der Waals surface area contributed by atoms with Crippen molar-refractivity contribution in [3.63, 3.8) is 0 Å². The molecule has 100 valence electrons. The van der Waals surface area contributed by atoms with Gasteiger partial charge >= 0.3 is 13.8 Å². The highest BCUT2D eigenvalue weighted by Gasteiger charge is 2.46. The lowest BCUT2D eigenvalue weighted by atomic mass is 10.0. The van der Waals surface area contributed by atoms with E-state index >= 15 is 0 Å². The molecule has 1 heterocycles. The number of hydrogen-bond donors (Lipinski definition) is 6. The molecule has 0 aromatic heterocycles. The average Bonchev–Trinajstić information content (AvgIpc) is 2.25. The van der Waals surface area contributed by atoms with Crippen LogP contribution < -0.4 is 0 Å². The van der Waals surface area contributed by atoms with E-state index in [-0.39, 0.29) is 0 Å². The van der Waals surface area contributed by atoms with Crippen molar-refractivity contribution in [1.82, 2.24) is 0 Å². The highest BCUT2D eigenvalue weighted by atomic mass is 31.2. The third-order valence-corrected chi connectivity index (χ3v) is 2.50. The molecule has 0 spiro atoms. The third-order valence-electron chi connectivity index (χ3n) is 2.02. The number of ether oxygens (including phenoxy) is 1. The Labute approximate surface area is 94.3 Å². The van der Waals surface area contributed by atoms with E-state index in [1.807, 2.05) is 0 Å². The Morgan fingerprint density at radius 3 is 2.06 bits per heavy atom. The smallest absolute Gasteiger partial charge is 0.430 e. The van der Waals surface area contributed by atoms with Crippen LogP contribution in [0.2, 0.25) is 0 Å². The molecule has 10 nitrogen and oxygen atoms in total. The van der Waals surface area contributed by atoms with E-state index in [9.17, 15) is 24.7 Å². The van der Waals surface area contributed by atoms with Crippen LogP contribution in [0.15, 0.2) is 0 Å². The molecule has 0 amide bonds. The summed E-state index contributed by atoms with van der Waals surface area (Å²) in [5, 5.41) is 36.8. The van der Waals surface area contributed by atoms with Crippen molar-refractivity contribution in [2.75, 3.05) is 0 Å². The zero-order valence-electron chi connectivity index (χ0n) is 8.15. The highest BCUT2D eigenvalue weighted by Crippen LogP contribution is 2.39. The molecule has 0 aromatic rings. The van der Waals surface area contributed by atoms with Gasteiger partial charge in [-0.25, -0.2) is 13.9 Å². The van der Waals surface area contributed by atoms with Gasteiger partial charge in [-0.2, -0.15) is 0 Å². The van der Waals surface area contributed by atoms with Crippen LogP contribution in [0, 0.1) is 0 Å². The van der Waals surface area contributed by atoms with Crippen molar-refractivity contribution in [3.8, 4) is 0 Å². The lowest BCUT2D eigenvalue weighted by molar-refractivity contribution is -0.189. The number of cyclic esters (lactones) is 1. The number of phosphoric ester groups is 1. The Kier molecular flexibility index (Phi) is 4.23. The molecule has 0 saturated carbocycles. The fraction of sp³-hybridized carbons (Fsp3) is 0.833. The first-order valence-electron chi connectivity index (χ1n) is 4.30. The summed E-state index contributed by atoms with van der Waals surface area (Å²) in [5.74, 6) is -1.49. The number of aliphatic hydroxyl groups excluding tert-OH is 4. The minimum absolute atomic E-state index is 1.49. The fourth-order valence-corrected chi connectivity index (χ4v) is 1.60. The van der Waals surface area contributed by atoms with Gasteiger partial charge in [-0.05, 0) is 0 Å². The lowest BCUT2D eigenvalue weighted by Gasteiger charge is -2.24. The minimum Gasteiger partial charge on any atom is -0.430 e. The molecule has 0 radical (unpaired) electrons. The van der Waals surface area contributed by atoms with E-state index in [2.05, 4.69) is 9.26 Å². The molecule has 5 atom stereocenters. The van der Waals surface area contributed by atoms with Crippen LogP contribution in [-0.4, -0.2) is 66.9 Å². The Hall–Kier alpha value is -0.580. The van der Waals surface area contributed by atoms with Crippen LogP contribution >= 0.6 is 7.82 Å². The van der Waals surface area contributed by atoms with Gasteiger partial charge in [0.05, 0.1) is 0 Å². The van der Waals surface area contributed by atoms with E-state index in [4.69, 9.17) is 14.9 Å². The molecule has 1 rings (SSSR count). The van der Waals surface area contributed by atoms with Crippen molar-refractivity contribution in [1.29, 1.82) is 0 Å². The maximum absolute atomic E-state index is 11.0. The summed E-state index contributed by atoms with van der Waals surface area (Å²) in [5.41, 5.74) is 0. The maximum atomic E-state index is 11.0. The number of aliphatic hydroxyl groups is 4. The number of carbonyl (C=O) groups excluding carboxylic acids is 1. The maximum Gasteiger partial charge on any atom is 0.472 e. The van der Waals surface area contributed by atoms with Gasteiger partial charge in [0.1, 0.15) is 18.3 Å². The van der Waals surface area contributed by atoms with Crippen molar-refractivity contribution < 1.29 is 48.8 Å². The molecule has 1 fully saturated rings. The molecule has 6 N–H and O–H groups in total. The first-order chi connectivity index (χ1) is 7.63. The van der Waals surface area contributed by atoms with Gasteiger partial charge in [-0.1, -0.05) is 0 Å². The SMILES string of the molecule is O=C1OC(OP(=O)(O)O)[C@@H](O)[C@@H](O)[C@H](O)[C@H]1O. The van der Waals surface area contributed by atoms with Crippen molar-refractivity contribution in [2.45, 2.75) is 30.7 Å². The Bertz CT molecular complexity index is 338. The van der Waals surface area contributed by atoms with E-state index in [0.717, 1.165) is 0 Å². The molecule has 1 aliphatic heterocycles. The summed E-state index contributed by atoms with van der Waals surface area (Å²) < 4.78 is 18.6. The average molecular weight is 274 g/mol. The van der Waals surface area contributed by atoms with Crippen molar-refractivity contribution >= 4 is 13.8 Å². The normalized spacial score (nSPS) is 39.6. The molecular weight excluding hydrogens is 263 g/mol. The van der Waals surface area contributed by atoms with Crippen LogP contribution in [0.1, 0.15) is 0 Å². The second-order valence-corrected chi connectivity index (χ2v) is 4.51. The molecule has 11 heteroatoms. The van der Waals surface area contributed by atoms with Gasteiger partial charge in [-0.15, -0.1) is 0 Å². The fourth-order valence-electron chi connectivity index (χ4n) is 1.16. The monoisotopic (exact) mass is 274 g/mol. The van der Waals surface area contributed by atoms with Crippen LogP contribution in [-0.2, 0) is 18.6 Å². The van der Waals surface area contributed by atoms with Crippen LogP contribution in [0.3, 0.4) is 0 Å². The van der Waals surface area contributed by atoms with Crippen molar-refractivity contribution in [3.05, 3.63) is 0 Å². The molecule has 1 aliphatic rings. The van der Waals surface area contributed by atoms with E-state index in [1.165, 1.54) is 0 Å². The standard InChI is InChI=1S/C6H11O10P/c7-1-2(8)4(10)6(16-17(12,13)14)15-5(11)3(1)9/h1-4,6-10H,(H2,12,13,14)/t1-,2-,3+,4-,6?/m0/s1. The van der Waals surface area contributed by atoms with Gasteiger partial charge in [0.25, 0.3) is 0 Å². The van der Waals surface area contributed by atoms with Crippen LogP contribution in [0.25, 0.3) is 0 Å². The van der Waals surface area contributed by atoms with Gasteiger partial charge < -0.3 is 34.9 Å². The summed E-state index contributed by atoms with van der Waals surface area (Å²) in [4.78, 5) is 28.0. The van der Waals surface area contributed by atoms with Crippen molar-refractivity contribution in [2.24, 2.45) is 0 Å². The summed E-state index contributed by atoms with van der Waals surface area (Å²) >= 11 is 0. The number of phosphoric acid groups is 1. The van der Waals surface area contributed by atoms with Gasteiger partial charge in [0, 0.05) is 0 Å². The van der Waals surface area contributed by atoms with Crippen LogP contribution in [0.5, 0.6) is 0 Å². The second kappa shape index (κ2) is 4.96. The number of hydrogen-bond acceptors (Lipinski definition) is 8. The Morgan fingerprint density at radius 1 is 1.06 bits per heavy atom. The molecular formula is C6H11O10P. The summed E-state index contributed by atoms with van der Waals surface area (Å²) in [7, 11) is -5.09. The number of esters is 1. The third kappa shape index (κ3) is 3.44. The van der Waals surface area contributed by atoms with Gasteiger partial charge in [0.2, 0.25) is 6.29 Å². The number of carbonyl (C=O) groups is 1. The molecule has 1 unspecified atom stereocenters. The molecule has 1 saturated heterocycles. The molecule has 0 bridgehead atoms. The highest BCUT2D eigenvalue weighted by molar-refractivity contribution is 7.46. The Morgan fingerprint density at radius 2 is 1.59 bits per heavy atom. The minimum atomic E-state index is -5.09. The molecule has 0 aliphatic carbocycles. The first kappa shape index (κ1) is 14.5. The van der Waals surface area contributed by atoms with E-state index < -0.39 is 44.5 Å². The zero-order valence-corrected chi connectivity index (χ0v) is 9.04. The predicted molar refractivity (Wildman–Crippen MR) is 47.0 cm³/mol. The number of rotatable bonds is 2. The van der Waals surface area contributed by atoms with Crippen LogP contribution in [0.4, 0.5) is 0 Å². The quantitative estimate of drug-likeness (QED) is 0.218. The van der Waals surface area contributed by atoms with E-state index in [1.54, 1.807) is 0 Å². The van der Waals surface area contributed by atoms with E-state index in [0.29, 0.717) is 0 Å². The molecule has 17 heavy (non-hydrogen) atoms. The zero-order chi connectivity index (χ0) is 13.4. The Balaban J connectivity index is 2.92. The summed E-state index contributed by atoms with van der Waals surface area (Å²) in [6.07, 6.45) is -10.6. The summed E-state index contributed by atoms with van der Waals surface area (Å²) in [6.45, 7) is 0. The second-order valence-electron chi connectivity index (χ2n) is 3.32. The molecule has 0 aromatic carbocycles. The first-order valence-corrected chi connectivity index (χ1v) is 5.83. The predicted octanol–water partition coefficient (Wildman–Crippen LogP) is -3.58. The topological polar surface area (TPSA) is 174 Å². The van der Waals surface area contributed by atoms with Gasteiger partial charge in [-0.3, -0.25) is 0 Å². The lowest BCUT2D eigenvalue weighted by Crippen LogP contribution is -2.46.